The van der Waals surface area contributed by atoms with Gasteiger partial charge in [-0.05, 0) is 6.92 Å². The van der Waals surface area contributed by atoms with Crippen LogP contribution in [0.1, 0.15) is 17.4 Å². The molecule has 2 heterocycles. The van der Waals surface area contributed by atoms with Gasteiger partial charge in [-0.1, -0.05) is 0 Å². The molecule has 1 aromatic rings. The molecule has 0 N–H and O–H groups in total. The Hall–Kier alpha value is -1.78. The van der Waals surface area contributed by atoms with Crippen LogP contribution in [0.3, 0.4) is 0 Å². The number of carbonyl (C=O) groups excluding carboxylic acids is 1. The zero-order chi connectivity index (χ0) is 10.7. The summed E-state index contributed by atoms with van der Waals surface area (Å²) in [7, 11) is 0. The summed E-state index contributed by atoms with van der Waals surface area (Å²) in [5.41, 5.74) is 0.237. The number of esters is 1. The highest BCUT2D eigenvalue weighted by molar-refractivity contribution is 5.87. The van der Waals surface area contributed by atoms with E-state index in [9.17, 15) is 4.79 Å². The molecule has 0 bridgehead atoms. The molecule has 1 aliphatic heterocycles. The SMILES string of the molecule is CCOC(=O)c1cc2c(cn1)OCCO2. The number of nitrogens with zero attached hydrogens (tertiary/aromatic N) is 1. The Kier molecular flexibility index (Phi) is 2.71. The Labute approximate surface area is 87.0 Å². The zero-order valence-corrected chi connectivity index (χ0v) is 8.36. The highest BCUT2D eigenvalue weighted by atomic mass is 16.6. The first-order chi connectivity index (χ1) is 7.31. The van der Waals surface area contributed by atoms with Gasteiger partial charge in [0.1, 0.15) is 13.2 Å². The van der Waals surface area contributed by atoms with E-state index >= 15 is 0 Å². The third-order valence-electron chi connectivity index (χ3n) is 1.91. The average Bonchev–Trinajstić information content (AvgIpc) is 2.29. The van der Waals surface area contributed by atoms with Crippen molar-refractivity contribution in [3.8, 4) is 11.5 Å². The maximum absolute atomic E-state index is 11.3. The monoisotopic (exact) mass is 209 g/mol. The highest BCUT2D eigenvalue weighted by Crippen LogP contribution is 2.29. The van der Waals surface area contributed by atoms with E-state index in [0.29, 0.717) is 31.3 Å². The number of rotatable bonds is 2. The molecule has 0 aliphatic carbocycles. The summed E-state index contributed by atoms with van der Waals surface area (Å²) in [6.45, 7) is 3.07. The molecule has 0 unspecified atom stereocenters. The molecular formula is C10H11NO4. The van der Waals surface area contributed by atoms with E-state index in [2.05, 4.69) is 4.98 Å². The van der Waals surface area contributed by atoms with Crippen LogP contribution in [0.25, 0.3) is 0 Å². The normalized spacial score (nSPS) is 13.4. The van der Waals surface area contributed by atoms with Gasteiger partial charge in [0.05, 0.1) is 12.8 Å². The molecule has 1 aromatic heterocycles. The van der Waals surface area contributed by atoms with Crippen molar-refractivity contribution in [2.24, 2.45) is 0 Å². The smallest absolute Gasteiger partial charge is 0.357 e. The van der Waals surface area contributed by atoms with Crippen LogP contribution in [0.2, 0.25) is 0 Å². The fourth-order valence-electron chi connectivity index (χ4n) is 1.27. The van der Waals surface area contributed by atoms with Crippen LogP contribution in [0, 0.1) is 0 Å². The number of hydrogen-bond donors (Lipinski definition) is 0. The van der Waals surface area contributed by atoms with Gasteiger partial charge in [-0.3, -0.25) is 0 Å². The summed E-state index contributed by atoms with van der Waals surface area (Å²) in [5, 5.41) is 0. The van der Waals surface area contributed by atoms with Gasteiger partial charge in [-0.2, -0.15) is 0 Å². The molecule has 1 aliphatic rings. The van der Waals surface area contributed by atoms with Gasteiger partial charge >= 0.3 is 5.97 Å². The van der Waals surface area contributed by atoms with Crippen LogP contribution in [-0.2, 0) is 4.74 Å². The first kappa shape index (κ1) is 9.76. The number of carbonyl (C=O) groups is 1. The number of fused-ring (bicyclic) bond motifs is 1. The zero-order valence-electron chi connectivity index (χ0n) is 8.36. The maximum atomic E-state index is 11.3. The van der Waals surface area contributed by atoms with E-state index in [1.165, 1.54) is 12.3 Å². The predicted molar refractivity (Wildman–Crippen MR) is 51.2 cm³/mol. The van der Waals surface area contributed by atoms with Crippen molar-refractivity contribution >= 4 is 5.97 Å². The molecule has 5 heteroatoms. The summed E-state index contributed by atoms with van der Waals surface area (Å²) in [6, 6.07) is 1.53. The van der Waals surface area contributed by atoms with Gasteiger partial charge < -0.3 is 14.2 Å². The van der Waals surface area contributed by atoms with Gasteiger partial charge in [0, 0.05) is 6.07 Å². The van der Waals surface area contributed by atoms with E-state index in [4.69, 9.17) is 14.2 Å². The average molecular weight is 209 g/mol. The minimum Gasteiger partial charge on any atom is -0.486 e. The van der Waals surface area contributed by atoms with Crippen LogP contribution in [0.5, 0.6) is 11.5 Å². The van der Waals surface area contributed by atoms with E-state index in [1.807, 2.05) is 0 Å². The van der Waals surface area contributed by atoms with Gasteiger partial charge in [0.2, 0.25) is 0 Å². The number of pyridine rings is 1. The number of aromatic nitrogens is 1. The van der Waals surface area contributed by atoms with Crippen molar-refractivity contribution in [3.05, 3.63) is 18.0 Å². The lowest BCUT2D eigenvalue weighted by atomic mass is 10.3. The van der Waals surface area contributed by atoms with Crippen LogP contribution in [0.4, 0.5) is 0 Å². The molecule has 15 heavy (non-hydrogen) atoms. The summed E-state index contributed by atoms with van der Waals surface area (Å²) in [4.78, 5) is 15.3. The van der Waals surface area contributed by atoms with Gasteiger partial charge in [-0.15, -0.1) is 0 Å². The first-order valence-corrected chi connectivity index (χ1v) is 4.74. The maximum Gasteiger partial charge on any atom is 0.357 e. The van der Waals surface area contributed by atoms with Gasteiger partial charge in [0.25, 0.3) is 0 Å². The summed E-state index contributed by atoms with van der Waals surface area (Å²) >= 11 is 0. The van der Waals surface area contributed by atoms with Crippen molar-refractivity contribution in [3.63, 3.8) is 0 Å². The van der Waals surface area contributed by atoms with Crippen molar-refractivity contribution < 1.29 is 19.0 Å². The van der Waals surface area contributed by atoms with Crippen molar-refractivity contribution in [1.82, 2.24) is 4.98 Å². The van der Waals surface area contributed by atoms with Crippen LogP contribution in [0.15, 0.2) is 12.3 Å². The summed E-state index contributed by atoms with van der Waals surface area (Å²) in [5.74, 6) is 0.656. The quantitative estimate of drug-likeness (QED) is 0.681. The van der Waals surface area contributed by atoms with Crippen molar-refractivity contribution in [2.45, 2.75) is 6.92 Å². The second-order valence-electron chi connectivity index (χ2n) is 2.93. The van der Waals surface area contributed by atoms with Crippen LogP contribution in [-0.4, -0.2) is 30.8 Å². The lowest BCUT2D eigenvalue weighted by molar-refractivity contribution is 0.0518. The first-order valence-electron chi connectivity index (χ1n) is 4.74. The minimum absolute atomic E-state index is 0.237. The van der Waals surface area contributed by atoms with Crippen molar-refractivity contribution in [1.29, 1.82) is 0 Å². The number of hydrogen-bond acceptors (Lipinski definition) is 5. The molecule has 0 saturated heterocycles. The molecule has 5 nitrogen and oxygen atoms in total. The second-order valence-corrected chi connectivity index (χ2v) is 2.93. The molecule has 0 spiro atoms. The van der Waals surface area contributed by atoms with E-state index in [0.717, 1.165) is 0 Å². The lowest BCUT2D eigenvalue weighted by Gasteiger charge is -2.17. The van der Waals surface area contributed by atoms with E-state index in [1.54, 1.807) is 6.92 Å². The highest BCUT2D eigenvalue weighted by Gasteiger charge is 2.16. The third-order valence-corrected chi connectivity index (χ3v) is 1.91. The topological polar surface area (TPSA) is 57.7 Å². The molecular weight excluding hydrogens is 198 g/mol. The molecule has 0 saturated carbocycles. The Morgan fingerprint density at radius 1 is 1.47 bits per heavy atom. The third kappa shape index (κ3) is 2.01. The van der Waals surface area contributed by atoms with E-state index < -0.39 is 5.97 Å². The molecule has 0 atom stereocenters. The Balaban J connectivity index is 2.24. The largest absolute Gasteiger partial charge is 0.486 e. The molecule has 80 valence electrons. The molecule has 0 aromatic carbocycles. The fraction of sp³-hybridized carbons (Fsp3) is 0.400. The van der Waals surface area contributed by atoms with Gasteiger partial charge in [0.15, 0.2) is 17.2 Å². The predicted octanol–water partition coefficient (Wildman–Crippen LogP) is 1.03. The van der Waals surface area contributed by atoms with Crippen molar-refractivity contribution in [2.75, 3.05) is 19.8 Å². The summed E-state index contributed by atoms with van der Waals surface area (Å²) in [6.07, 6.45) is 1.47. The fourth-order valence-corrected chi connectivity index (χ4v) is 1.27. The standard InChI is InChI=1S/C10H11NO4/c1-2-13-10(12)7-5-8-9(6-11-7)15-4-3-14-8/h5-6H,2-4H2,1H3. The molecule has 0 fully saturated rings. The number of ether oxygens (including phenoxy) is 3. The molecule has 2 rings (SSSR count). The Morgan fingerprint density at radius 2 is 2.20 bits per heavy atom. The molecule has 0 amide bonds. The Bertz CT molecular complexity index is 378. The van der Waals surface area contributed by atoms with Crippen LogP contribution >= 0.6 is 0 Å². The minimum atomic E-state index is -0.450. The lowest BCUT2D eigenvalue weighted by Crippen LogP contribution is -2.17. The summed E-state index contributed by atoms with van der Waals surface area (Å²) < 4.78 is 15.4. The Morgan fingerprint density at radius 3 is 2.93 bits per heavy atom. The van der Waals surface area contributed by atoms with E-state index in [-0.39, 0.29) is 5.69 Å². The second kappa shape index (κ2) is 4.16. The van der Waals surface area contributed by atoms with Gasteiger partial charge in [-0.25, -0.2) is 9.78 Å². The van der Waals surface area contributed by atoms with Crippen LogP contribution < -0.4 is 9.47 Å². The molecule has 0 radical (unpaired) electrons.